The van der Waals surface area contributed by atoms with E-state index in [1.165, 1.54) is 0 Å². The topological polar surface area (TPSA) is 72.7 Å². The highest BCUT2D eigenvalue weighted by molar-refractivity contribution is 5.95. The van der Waals surface area contributed by atoms with E-state index in [1.54, 1.807) is 11.6 Å². The van der Waals surface area contributed by atoms with Gasteiger partial charge in [-0.25, -0.2) is 4.68 Å². The SMILES string of the molecule is CC(=O)C1=C(C)Nc2nnnn2[C@H]1C. The van der Waals surface area contributed by atoms with Crippen molar-refractivity contribution >= 4 is 11.7 Å². The predicted octanol–water partition coefficient (Wildman–Crippen LogP) is 0.523. The van der Waals surface area contributed by atoms with Crippen molar-refractivity contribution in [2.45, 2.75) is 26.8 Å². The third-order valence-electron chi connectivity index (χ3n) is 2.36. The number of rotatable bonds is 1. The third-order valence-corrected chi connectivity index (χ3v) is 2.36. The van der Waals surface area contributed by atoms with E-state index in [0.29, 0.717) is 5.95 Å². The maximum atomic E-state index is 11.4. The minimum Gasteiger partial charge on any atom is -0.327 e. The van der Waals surface area contributed by atoms with Gasteiger partial charge >= 0.3 is 0 Å². The first kappa shape index (κ1) is 8.86. The Labute approximate surface area is 81.0 Å². The maximum absolute atomic E-state index is 11.4. The number of Topliss-reactive ketones (excluding diaryl/α,β-unsaturated/α-hetero) is 1. The molecule has 1 aliphatic heterocycles. The molecule has 0 bridgehead atoms. The fraction of sp³-hybridized carbons (Fsp3) is 0.500. The Bertz CT molecular complexity index is 419. The molecule has 2 heterocycles. The molecule has 0 spiro atoms. The Morgan fingerprint density at radius 1 is 1.57 bits per heavy atom. The van der Waals surface area contributed by atoms with Gasteiger partial charge < -0.3 is 5.32 Å². The lowest BCUT2D eigenvalue weighted by Gasteiger charge is -2.23. The number of hydrogen-bond donors (Lipinski definition) is 1. The third kappa shape index (κ3) is 1.11. The molecule has 2 rings (SSSR count). The Morgan fingerprint density at radius 3 is 2.93 bits per heavy atom. The van der Waals surface area contributed by atoms with E-state index in [1.807, 2.05) is 13.8 Å². The van der Waals surface area contributed by atoms with Crippen molar-refractivity contribution in [1.82, 2.24) is 20.2 Å². The van der Waals surface area contributed by atoms with Gasteiger partial charge in [0.1, 0.15) is 0 Å². The van der Waals surface area contributed by atoms with E-state index in [9.17, 15) is 4.79 Å². The minimum atomic E-state index is -0.0984. The fourth-order valence-electron chi connectivity index (χ4n) is 1.77. The molecular formula is C8H11N5O. The van der Waals surface area contributed by atoms with Crippen molar-refractivity contribution in [2.24, 2.45) is 0 Å². The number of carbonyl (C=O) groups is 1. The Hall–Kier alpha value is -1.72. The molecule has 0 saturated carbocycles. The lowest BCUT2D eigenvalue weighted by molar-refractivity contribution is -0.114. The van der Waals surface area contributed by atoms with E-state index in [-0.39, 0.29) is 11.8 Å². The number of fused-ring (bicyclic) bond motifs is 1. The molecule has 0 radical (unpaired) electrons. The van der Waals surface area contributed by atoms with Gasteiger partial charge in [0.15, 0.2) is 5.78 Å². The van der Waals surface area contributed by atoms with Crippen molar-refractivity contribution in [3.05, 3.63) is 11.3 Å². The van der Waals surface area contributed by atoms with Gasteiger partial charge in [0.2, 0.25) is 5.95 Å². The fourth-order valence-corrected chi connectivity index (χ4v) is 1.77. The maximum Gasteiger partial charge on any atom is 0.247 e. The molecule has 1 aromatic heterocycles. The number of allylic oxidation sites excluding steroid dienone is 2. The molecule has 0 amide bonds. The molecule has 74 valence electrons. The van der Waals surface area contributed by atoms with Gasteiger partial charge in [-0.2, -0.15) is 0 Å². The largest absolute Gasteiger partial charge is 0.327 e. The molecule has 0 fully saturated rings. The van der Waals surface area contributed by atoms with E-state index in [2.05, 4.69) is 20.8 Å². The average Bonchev–Trinajstić information content (AvgIpc) is 2.50. The zero-order chi connectivity index (χ0) is 10.3. The summed E-state index contributed by atoms with van der Waals surface area (Å²) in [4.78, 5) is 11.4. The van der Waals surface area contributed by atoms with Crippen LogP contribution in [0.4, 0.5) is 5.95 Å². The number of anilines is 1. The van der Waals surface area contributed by atoms with E-state index < -0.39 is 0 Å². The van der Waals surface area contributed by atoms with Crippen molar-refractivity contribution in [2.75, 3.05) is 5.32 Å². The molecule has 0 aliphatic carbocycles. The molecule has 0 aromatic carbocycles. The summed E-state index contributed by atoms with van der Waals surface area (Å²) >= 11 is 0. The summed E-state index contributed by atoms with van der Waals surface area (Å²) in [7, 11) is 0. The Morgan fingerprint density at radius 2 is 2.29 bits per heavy atom. The van der Waals surface area contributed by atoms with Crippen molar-refractivity contribution in [3.8, 4) is 0 Å². The van der Waals surface area contributed by atoms with Gasteiger partial charge in [-0.3, -0.25) is 4.79 Å². The molecule has 14 heavy (non-hydrogen) atoms. The van der Waals surface area contributed by atoms with Crippen LogP contribution in [0.1, 0.15) is 26.8 Å². The second-order valence-electron chi connectivity index (χ2n) is 3.34. The van der Waals surface area contributed by atoms with Crippen molar-refractivity contribution in [1.29, 1.82) is 0 Å². The van der Waals surface area contributed by atoms with Crippen LogP contribution in [0.2, 0.25) is 0 Å². The molecule has 6 heteroatoms. The molecule has 0 unspecified atom stereocenters. The summed E-state index contributed by atoms with van der Waals surface area (Å²) in [5.41, 5.74) is 1.55. The molecule has 6 nitrogen and oxygen atoms in total. The highest BCUT2D eigenvalue weighted by Gasteiger charge is 2.26. The number of nitrogens with one attached hydrogen (secondary N) is 1. The van der Waals surface area contributed by atoms with Crippen LogP contribution in [0.15, 0.2) is 11.3 Å². The zero-order valence-electron chi connectivity index (χ0n) is 8.27. The summed E-state index contributed by atoms with van der Waals surface area (Å²) in [6, 6.07) is -0.0984. The monoisotopic (exact) mass is 193 g/mol. The first-order chi connectivity index (χ1) is 6.61. The van der Waals surface area contributed by atoms with Gasteiger partial charge in [0, 0.05) is 11.3 Å². The van der Waals surface area contributed by atoms with Gasteiger partial charge in [-0.05, 0) is 31.2 Å². The first-order valence-corrected chi connectivity index (χ1v) is 4.38. The standard InChI is InChI=1S/C8H11N5O/c1-4-7(6(3)14)5(2)13-8(9-4)10-11-12-13/h5H,1-3H3,(H,9,10,12)/t5-/m0/s1. The van der Waals surface area contributed by atoms with E-state index in [4.69, 9.17) is 0 Å². The van der Waals surface area contributed by atoms with Crippen molar-refractivity contribution < 1.29 is 4.79 Å². The van der Waals surface area contributed by atoms with Crippen LogP contribution in [-0.4, -0.2) is 26.0 Å². The van der Waals surface area contributed by atoms with Gasteiger partial charge in [-0.15, -0.1) is 0 Å². The highest BCUT2D eigenvalue weighted by atomic mass is 16.1. The second kappa shape index (κ2) is 2.90. The highest BCUT2D eigenvalue weighted by Crippen LogP contribution is 2.28. The molecule has 0 saturated heterocycles. The Balaban J connectivity index is 2.50. The van der Waals surface area contributed by atoms with Crippen LogP contribution in [0.3, 0.4) is 0 Å². The Kier molecular flexibility index (Phi) is 1.83. The molecule has 1 aromatic rings. The number of carbonyl (C=O) groups excluding carboxylic acids is 1. The summed E-state index contributed by atoms with van der Waals surface area (Å²) in [5.74, 6) is 0.628. The molecular weight excluding hydrogens is 182 g/mol. The van der Waals surface area contributed by atoms with Crippen LogP contribution in [-0.2, 0) is 4.79 Å². The van der Waals surface area contributed by atoms with Crippen LogP contribution in [0.25, 0.3) is 0 Å². The van der Waals surface area contributed by atoms with Gasteiger partial charge in [0.25, 0.3) is 0 Å². The van der Waals surface area contributed by atoms with Crippen molar-refractivity contribution in [3.63, 3.8) is 0 Å². The summed E-state index contributed by atoms with van der Waals surface area (Å²) < 4.78 is 1.60. The normalized spacial score (nSPS) is 20.4. The summed E-state index contributed by atoms with van der Waals surface area (Å²) in [6.07, 6.45) is 0. The quantitative estimate of drug-likeness (QED) is 0.704. The number of hydrogen-bond acceptors (Lipinski definition) is 5. The first-order valence-electron chi connectivity index (χ1n) is 4.38. The smallest absolute Gasteiger partial charge is 0.247 e. The lowest BCUT2D eigenvalue weighted by Crippen LogP contribution is -2.25. The zero-order valence-corrected chi connectivity index (χ0v) is 8.27. The van der Waals surface area contributed by atoms with Crippen LogP contribution < -0.4 is 5.32 Å². The molecule has 1 aliphatic rings. The average molecular weight is 193 g/mol. The summed E-state index contributed by atoms with van der Waals surface area (Å²) in [5, 5.41) is 14.1. The molecule has 1 atom stereocenters. The van der Waals surface area contributed by atoms with Crippen LogP contribution in [0.5, 0.6) is 0 Å². The number of tetrazole rings is 1. The molecule has 1 N–H and O–H groups in total. The second-order valence-corrected chi connectivity index (χ2v) is 3.34. The predicted molar refractivity (Wildman–Crippen MR) is 49.5 cm³/mol. The van der Waals surface area contributed by atoms with E-state index in [0.717, 1.165) is 11.3 Å². The number of ketones is 1. The van der Waals surface area contributed by atoms with Crippen LogP contribution >= 0.6 is 0 Å². The number of nitrogens with zero attached hydrogens (tertiary/aromatic N) is 4. The summed E-state index contributed by atoms with van der Waals surface area (Å²) in [6.45, 7) is 5.30. The van der Waals surface area contributed by atoms with Crippen LogP contribution in [0, 0.1) is 0 Å². The lowest BCUT2D eigenvalue weighted by atomic mass is 10.0. The van der Waals surface area contributed by atoms with Gasteiger partial charge in [-0.1, -0.05) is 5.10 Å². The van der Waals surface area contributed by atoms with E-state index >= 15 is 0 Å². The minimum absolute atomic E-state index is 0.0450. The number of aromatic nitrogens is 4. The van der Waals surface area contributed by atoms with Gasteiger partial charge in [0.05, 0.1) is 6.04 Å².